The van der Waals surface area contributed by atoms with E-state index in [-0.39, 0.29) is 5.92 Å². The quantitative estimate of drug-likeness (QED) is 0.681. The summed E-state index contributed by atoms with van der Waals surface area (Å²) in [5, 5.41) is 3.39. The number of amides is 1. The molecule has 0 radical (unpaired) electrons. The molecule has 0 aliphatic carbocycles. The molecule has 5 nitrogen and oxygen atoms in total. The van der Waals surface area contributed by atoms with Crippen LogP contribution in [-0.4, -0.2) is 87.6 Å². The van der Waals surface area contributed by atoms with Crippen LogP contribution in [0.2, 0.25) is 0 Å². The van der Waals surface area contributed by atoms with Crippen LogP contribution in [0.1, 0.15) is 26.2 Å². The molecule has 0 aromatic heterocycles. The highest BCUT2D eigenvalue weighted by atomic mass is 16.2. The van der Waals surface area contributed by atoms with Gasteiger partial charge in [0, 0.05) is 19.1 Å². The molecule has 1 N–H and O–H groups in total. The first-order chi connectivity index (χ1) is 9.91. The fourth-order valence-corrected chi connectivity index (χ4v) is 2.92. The lowest BCUT2D eigenvalue weighted by molar-refractivity contribution is -0.135. The maximum Gasteiger partial charge on any atom is 0.227 e. The molecular weight excluding hydrogens is 264 g/mol. The van der Waals surface area contributed by atoms with Gasteiger partial charge in [-0.25, -0.2) is 0 Å². The average molecular weight is 298 g/mol. The SMILES string of the molecule is CC1NCCC1C(=O)N(CCCN(C)C)CCCN(C)C. The maximum absolute atomic E-state index is 12.8. The van der Waals surface area contributed by atoms with Crippen LogP contribution in [0.5, 0.6) is 0 Å². The first-order valence-electron chi connectivity index (χ1n) is 8.23. The van der Waals surface area contributed by atoms with Gasteiger partial charge in [0.1, 0.15) is 0 Å². The summed E-state index contributed by atoms with van der Waals surface area (Å²) in [6, 6.07) is 0.322. The summed E-state index contributed by atoms with van der Waals surface area (Å²) in [4.78, 5) is 19.2. The zero-order chi connectivity index (χ0) is 15.8. The van der Waals surface area contributed by atoms with Gasteiger partial charge in [0.25, 0.3) is 0 Å². The third kappa shape index (κ3) is 6.76. The van der Waals surface area contributed by atoms with Crippen molar-refractivity contribution in [2.45, 2.75) is 32.2 Å². The summed E-state index contributed by atoms with van der Waals surface area (Å²) in [6.07, 6.45) is 3.09. The summed E-state index contributed by atoms with van der Waals surface area (Å²) in [5.74, 6) is 0.522. The van der Waals surface area contributed by atoms with Gasteiger partial charge in [-0.1, -0.05) is 0 Å². The van der Waals surface area contributed by atoms with Gasteiger partial charge in [0.2, 0.25) is 5.91 Å². The fourth-order valence-electron chi connectivity index (χ4n) is 2.92. The van der Waals surface area contributed by atoms with E-state index in [1.54, 1.807) is 0 Å². The molecule has 5 heteroatoms. The molecule has 1 aliphatic heterocycles. The van der Waals surface area contributed by atoms with Gasteiger partial charge < -0.3 is 20.0 Å². The largest absolute Gasteiger partial charge is 0.342 e. The topological polar surface area (TPSA) is 38.8 Å². The van der Waals surface area contributed by atoms with Crippen molar-refractivity contribution < 1.29 is 4.79 Å². The number of carbonyl (C=O) groups excluding carboxylic acids is 1. The van der Waals surface area contributed by atoms with Crippen molar-refractivity contribution in [1.82, 2.24) is 20.0 Å². The molecule has 0 spiro atoms. The monoisotopic (exact) mass is 298 g/mol. The minimum Gasteiger partial charge on any atom is -0.342 e. The molecule has 1 aliphatic rings. The van der Waals surface area contributed by atoms with Crippen LogP contribution in [0.3, 0.4) is 0 Å². The van der Waals surface area contributed by atoms with E-state index < -0.39 is 0 Å². The van der Waals surface area contributed by atoms with E-state index in [4.69, 9.17) is 0 Å². The second-order valence-electron chi connectivity index (χ2n) is 6.78. The van der Waals surface area contributed by atoms with Gasteiger partial charge in [-0.3, -0.25) is 4.79 Å². The molecule has 124 valence electrons. The summed E-state index contributed by atoms with van der Waals surface area (Å²) in [5.41, 5.74) is 0. The first kappa shape index (κ1) is 18.4. The number of nitrogens with zero attached hydrogens (tertiary/aromatic N) is 3. The zero-order valence-electron chi connectivity index (χ0n) is 14.6. The highest BCUT2D eigenvalue weighted by Gasteiger charge is 2.32. The summed E-state index contributed by atoms with van der Waals surface area (Å²) in [7, 11) is 8.34. The Morgan fingerprint density at radius 1 is 1.00 bits per heavy atom. The van der Waals surface area contributed by atoms with Gasteiger partial charge >= 0.3 is 0 Å². The van der Waals surface area contributed by atoms with E-state index in [0.29, 0.717) is 11.9 Å². The molecule has 0 aromatic rings. The summed E-state index contributed by atoms with van der Waals surface area (Å²) >= 11 is 0. The summed E-state index contributed by atoms with van der Waals surface area (Å²) < 4.78 is 0. The minimum absolute atomic E-state index is 0.170. The second kappa shape index (κ2) is 9.38. The van der Waals surface area contributed by atoms with Crippen molar-refractivity contribution in [1.29, 1.82) is 0 Å². The molecule has 1 saturated heterocycles. The molecule has 0 bridgehead atoms. The van der Waals surface area contributed by atoms with E-state index in [1.165, 1.54) is 0 Å². The van der Waals surface area contributed by atoms with Crippen molar-refractivity contribution in [2.75, 3.05) is 60.9 Å². The van der Waals surface area contributed by atoms with Gasteiger partial charge in [-0.2, -0.15) is 0 Å². The molecule has 1 heterocycles. The van der Waals surface area contributed by atoms with Crippen LogP contribution in [0.25, 0.3) is 0 Å². The minimum atomic E-state index is 0.170. The van der Waals surface area contributed by atoms with Gasteiger partial charge in [-0.15, -0.1) is 0 Å². The Hall–Kier alpha value is -0.650. The highest BCUT2D eigenvalue weighted by Crippen LogP contribution is 2.18. The molecular formula is C16H34N4O. The van der Waals surface area contributed by atoms with E-state index in [0.717, 1.165) is 52.0 Å². The Kier molecular flexibility index (Phi) is 8.22. The van der Waals surface area contributed by atoms with Crippen molar-refractivity contribution in [3.63, 3.8) is 0 Å². The highest BCUT2D eigenvalue weighted by molar-refractivity contribution is 5.79. The molecule has 1 rings (SSSR count). The van der Waals surface area contributed by atoms with Crippen molar-refractivity contribution in [3.8, 4) is 0 Å². The fraction of sp³-hybridized carbons (Fsp3) is 0.938. The maximum atomic E-state index is 12.8. The standard InChI is InChI=1S/C16H34N4O/c1-14-15(8-9-17-14)16(21)20(12-6-10-18(2)3)13-7-11-19(4)5/h14-15,17H,6-13H2,1-5H3. The lowest BCUT2D eigenvalue weighted by Crippen LogP contribution is -2.42. The molecule has 2 unspecified atom stereocenters. The molecule has 0 saturated carbocycles. The average Bonchev–Trinajstić information content (AvgIpc) is 2.81. The summed E-state index contributed by atoms with van der Waals surface area (Å²) in [6.45, 7) is 6.95. The van der Waals surface area contributed by atoms with E-state index >= 15 is 0 Å². The van der Waals surface area contributed by atoms with Crippen molar-refractivity contribution >= 4 is 5.91 Å². The number of hydrogen-bond acceptors (Lipinski definition) is 4. The van der Waals surface area contributed by atoms with Crippen LogP contribution < -0.4 is 5.32 Å². The Bertz CT molecular complexity index is 293. The second-order valence-corrected chi connectivity index (χ2v) is 6.78. The van der Waals surface area contributed by atoms with Crippen LogP contribution >= 0.6 is 0 Å². The molecule has 21 heavy (non-hydrogen) atoms. The van der Waals surface area contributed by atoms with Gasteiger partial charge in [-0.05, 0) is 74.0 Å². The molecule has 1 amide bonds. The Morgan fingerprint density at radius 2 is 1.52 bits per heavy atom. The van der Waals surface area contributed by atoms with Crippen LogP contribution in [0, 0.1) is 5.92 Å². The van der Waals surface area contributed by atoms with Crippen molar-refractivity contribution in [2.24, 2.45) is 5.92 Å². The Morgan fingerprint density at radius 3 is 1.90 bits per heavy atom. The Balaban J connectivity index is 2.50. The van der Waals surface area contributed by atoms with Gasteiger partial charge in [0.15, 0.2) is 0 Å². The van der Waals surface area contributed by atoms with E-state index in [2.05, 4.69) is 55.1 Å². The van der Waals surface area contributed by atoms with Crippen molar-refractivity contribution in [3.05, 3.63) is 0 Å². The van der Waals surface area contributed by atoms with Crippen LogP contribution in [0.4, 0.5) is 0 Å². The third-order valence-electron chi connectivity index (χ3n) is 4.22. The third-order valence-corrected chi connectivity index (χ3v) is 4.22. The number of carbonyl (C=O) groups is 1. The lowest BCUT2D eigenvalue weighted by Gasteiger charge is -2.28. The number of nitrogens with one attached hydrogen (secondary N) is 1. The predicted octanol–water partition coefficient (Wildman–Crippen LogP) is 0.716. The predicted molar refractivity (Wildman–Crippen MR) is 88.5 cm³/mol. The number of hydrogen-bond donors (Lipinski definition) is 1. The zero-order valence-corrected chi connectivity index (χ0v) is 14.6. The van der Waals surface area contributed by atoms with Gasteiger partial charge in [0.05, 0.1) is 5.92 Å². The van der Waals surface area contributed by atoms with Crippen LogP contribution in [-0.2, 0) is 4.79 Å². The lowest BCUT2D eigenvalue weighted by atomic mass is 10.00. The molecule has 1 fully saturated rings. The molecule has 0 aromatic carbocycles. The first-order valence-corrected chi connectivity index (χ1v) is 8.23. The smallest absolute Gasteiger partial charge is 0.227 e. The molecule has 2 atom stereocenters. The van der Waals surface area contributed by atoms with Crippen LogP contribution in [0.15, 0.2) is 0 Å². The number of rotatable bonds is 9. The van der Waals surface area contributed by atoms with E-state index in [9.17, 15) is 4.79 Å². The normalized spacial score (nSPS) is 22.2. The van der Waals surface area contributed by atoms with E-state index in [1.807, 2.05) is 0 Å². The Labute approximate surface area is 130 Å².